The Kier molecular flexibility index (Phi) is 5.00. The maximum Gasteiger partial charge on any atom is 0.250 e. The fourth-order valence-electron chi connectivity index (χ4n) is 2.02. The molecule has 3 heterocycles. The van der Waals surface area contributed by atoms with Crippen molar-refractivity contribution in [3.8, 4) is 0 Å². The van der Waals surface area contributed by atoms with Crippen LogP contribution in [0.25, 0.3) is 0 Å². The number of rotatable bonds is 6. The molecule has 122 valence electrons. The predicted molar refractivity (Wildman–Crippen MR) is 95.8 cm³/mol. The van der Waals surface area contributed by atoms with Crippen LogP contribution >= 0.6 is 34.0 Å². The summed E-state index contributed by atoms with van der Waals surface area (Å²) in [5.41, 5.74) is 0. The Balaban J connectivity index is 1.68. The summed E-state index contributed by atoms with van der Waals surface area (Å²) < 4.78 is 27.3. The summed E-state index contributed by atoms with van der Waals surface area (Å²) in [6, 6.07) is 10.9. The Morgan fingerprint density at radius 1 is 1.13 bits per heavy atom. The molecule has 3 aromatic heterocycles. The Labute approximate surface area is 147 Å². The molecule has 0 aromatic carbocycles. The number of aliphatic hydroxyl groups excluding tert-OH is 1. The van der Waals surface area contributed by atoms with Gasteiger partial charge in [0.25, 0.3) is 0 Å². The number of sulfonamides is 1. The van der Waals surface area contributed by atoms with Gasteiger partial charge in [-0.3, -0.25) is 0 Å². The van der Waals surface area contributed by atoms with E-state index in [1.54, 1.807) is 12.1 Å². The van der Waals surface area contributed by atoms with Gasteiger partial charge in [0, 0.05) is 26.1 Å². The highest BCUT2D eigenvalue weighted by Gasteiger charge is 2.18. The lowest BCUT2D eigenvalue weighted by atomic mass is 10.2. The standard InChI is InChI=1S/C15H15NO3S4/c1-10-4-7-14(21-10)23(18,19)16-9-11-5-6-13(22-11)15(17)12-3-2-8-20-12/h2-8,15-17H,9H2,1H3. The maximum atomic E-state index is 12.2. The van der Waals surface area contributed by atoms with Crippen molar-refractivity contribution in [2.75, 3.05) is 0 Å². The molecule has 0 saturated carbocycles. The summed E-state index contributed by atoms with van der Waals surface area (Å²) in [7, 11) is -3.48. The molecule has 0 aliphatic rings. The van der Waals surface area contributed by atoms with Crippen molar-refractivity contribution in [2.45, 2.75) is 23.8 Å². The topological polar surface area (TPSA) is 66.4 Å². The molecule has 0 radical (unpaired) electrons. The maximum absolute atomic E-state index is 12.2. The zero-order valence-corrected chi connectivity index (χ0v) is 15.5. The first-order valence-corrected chi connectivity index (χ1v) is 10.8. The molecule has 0 bridgehead atoms. The lowest BCUT2D eigenvalue weighted by Gasteiger charge is -2.05. The fraction of sp³-hybridized carbons (Fsp3) is 0.200. The largest absolute Gasteiger partial charge is 0.382 e. The molecule has 0 amide bonds. The number of hydrogen-bond acceptors (Lipinski definition) is 6. The molecule has 1 atom stereocenters. The van der Waals surface area contributed by atoms with Gasteiger partial charge in [-0.05, 0) is 42.6 Å². The molecular weight excluding hydrogens is 370 g/mol. The molecule has 23 heavy (non-hydrogen) atoms. The van der Waals surface area contributed by atoms with Gasteiger partial charge in [0.1, 0.15) is 10.3 Å². The molecule has 8 heteroatoms. The van der Waals surface area contributed by atoms with E-state index in [1.807, 2.05) is 36.6 Å². The smallest absolute Gasteiger partial charge is 0.250 e. The first-order chi connectivity index (χ1) is 11.0. The van der Waals surface area contributed by atoms with Crippen molar-refractivity contribution in [3.05, 3.63) is 61.3 Å². The van der Waals surface area contributed by atoms with E-state index < -0.39 is 16.1 Å². The first kappa shape index (κ1) is 16.8. The monoisotopic (exact) mass is 385 g/mol. The quantitative estimate of drug-likeness (QED) is 0.679. The van der Waals surface area contributed by atoms with Gasteiger partial charge in [0.15, 0.2) is 0 Å². The average Bonchev–Trinajstić information content (AvgIpc) is 3.25. The van der Waals surface area contributed by atoms with Crippen molar-refractivity contribution >= 4 is 44.0 Å². The highest BCUT2D eigenvalue weighted by atomic mass is 32.2. The first-order valence-electron chi connectivity index (χ1n) is 6.82. The summed E-state index contributed by atoms with van der Waals surface area (Å²) in [6.45, 7) is 2.10. The van der Waals surface area contributed by atoms with Crippen LogP contribution in [0.1, 0.15) is 25.6 Å². The molecule has 0 spiro atoms. The second kappa shape index (κ2) is 6.84. The van der Waals surface area contributed by atoms with Crippen LogP contribution in [0.5, 0.6) is 0 Å². The second-order valence-corrected chi connectivity index (χ2v) is 10.4. The molecule has 0 fully saturated rings. The summed E-state index contributed by atoms with van der Waals surface area (Å²) in [5, 5.41) is 12.2. The van der Waals surface area contributed by atoms with E-state index in [9.17, 15) is 13.5 Å². The fourth-order valence-corrected chi connectivity index (χ4v) is 6.20. The van der Waals surface area contributed by atoms with Crippen molar-refractivity contribution in [2.24, 2.45) is 0 Å². The highest BCUT2D eigenvalue weighted by Crippen LogP contribution is 2.31. The van der Waals surface area contributed by atoms with E-state index in [-0.39, 0.29) is 6.54 Å². The Hall–Kier alpha value is -1.03. The van der Waals surface area contributed by atoms with E-state index in [0.717, 1.165) is 19.5 Å². The van der Waals surface area contributed by atoms with Gasteiger partial charge < -0.3 is 5.11 Å². The molecule has 1 unspecified atom stereocenters. The molecule has 0 saturated heterocycles. The molecule has 4 nitrogen and oxygen atoms in total. The number of thiophene rings is 3. The molecular formula is C15H15NO3S4. The summed E-state index contributed by atoms with van der Waals surface area (Å²) >= 11 is 4.16. The zero-order chi connectivity index (χ0) is 16.4. The van der Waals surface area contributed by atoms with Gasteiger partial charge in [-0.2, -0.15) is 0 Å². The number of hydrogen-bond donors (Lipinski definition) is 2. The predicted octanol–water partition coefficient (Wildman–Crippen LogP) is 3.74. The van der Waals surface area contributed by atoms with Crippen LogP contribution in [0.3, 0.4) is 0 Å². The third-order valence-electron chi connectivity index (χ3n) is 3.18. The van der Waals surface area contributed by atoms with Crippen molar-refractivity contribution in [1.82, 2.24) is 4.72 Å². The number of aryl methyl sites for hydroxylation is 1. The van der Waals surface area contributed by atoms with Crippen molar-refractivity contribution in [1.29, 1.82) is 0 Å². The summed E-state index contributed by atoms with van der Waals surface area (Å²) in [5.74, 6) is 0. The summed E-state index contributed by atoms with van der Waals surface area (Å²) in [6.07, 6.45) is -0.648. The van der Waals surface area contributed by atoms with Crippen LogP contribution in [0.4, 0.5) is 0 Å². The molecule has 3 rings (SSSR count). The van der Waals surface area contributed by atoms with Crippen LogP contribution in [0, 0.1) is 6.92 Å². The van der Waals surface area contributed by atoms with Gasteiger partial charge >= 0.3 is 0 Å². The van der Waals surface area contributed by atoms with Crippen molar-refractivity contribution in [3.63, 3.8) is 0 Å². The van der Waals surface area contributed by atoms with E-state index in [4.69, 9.17) is 0 Å². The zero-order valence-electron chi connectivity index (χ0n) is 12.2. The van der Waals surface area contributed by atoms with Gasteiger partial charge in [-0.1, -0.05) is 6.07 Å². The third-order valence-corrected chi connectivity index (χ3v) is 8.14. The Bertz CT molecular complexity index is 878. The van der Waals surface area contributed by atoms with E-state index in [2.05, 4.69) is 4.72 Å². The van der Waals surface area contributed by atoms with Crippen LogP contribution in [-0.2, 0) is 16.6 Å². The lowest BCUT2D eigenvalue weighted by molar-refractivity contribution is 0.228. The second-order valence-electron chi connectivity index (χ2n) is 4.91. The minimum Gasteiger partial charge on any atom is -0.382 e. The van der Waals surface area contributed by atoms with Gasteiger partial charge in [-0.15, -0.1) is 34.0 Å². The lowest BCUT2D eigenvalue weighted by Crippen LogP contribution is -2.21. The normalized spacial score (nSPS) is 13.3. The number of aliphatic hydroxyl groups is 1. The van der Waals surface area contributed by atoms with Gasteiger partial charge in [-0.25, -0.2) is 13.1 Å². The summed E-state index contributed by atoms with van der Waals surface area (Å²) in [4.78, 5) is 3.52. The molecule has 0 aliphatic heterocycles. The highest BCUT2D eigenvalue weighted by molar-refractivity contribution is 7.91. The minimum absolute atomic E-state index is 0.223. The minimum atomic E-state index is -3.48. The van der Waals surface area contributed by atoms with E-state index >= 15 is 0 Å². The molecule has 3 aromatic rings. The Morgan fingerprint density at radius 3 is 2.61 bits per heavy atom. The van der Waals surface area contributed by atoms with Crippen LogP contribution in [0.2, 0.25) is 0 Å². The average molecular weight is 386 g/mol. The van der Waals surface area contributed by atoms with Gasteiger partial charge in [0.2, 0.25) is 10.0 Å². The van der Waals surface area contributed by atoms with Crippen molar-refractivity contribution < 1.29 is 13.5 Å². The molecule has 2 N–H and O–H groups in total. The molecule has 0 aliphatic carbocycles. The van der Waals surface area contributed by atoms with Gasteiger partial charge in [0.05, 0.1) is 0 Å². The van der Waals surface area contributed by atoms with E-state index in [0.29, 0.717) is 4.21 Å². The van der Waals surface area contributed by atoms with Crippen LogP contribution in [-0.4, -0.2) is 13.5 Å². The van der Waals surface area contributed by atoms with E-state index in [1.165, 1.54) is 34.0 Å². The third kappa shape index (κ3) is 3.90. The van der Waals surface area contributed by atoms with Crippen LogP contribution < -0.4 is 4.72 Å². The van der Waals surface area contributed by atoms with Crippen LogP contribution in [0.15, 0.2) is 46.0 Å². The Morgan fingerprint density at radius 2 is 1.96 bits per heavy atom. The number of nitrogens with one attached hydrogen (secondary N) is 1. The SMILES string of the molecule is Cc1ccc(S(=O)(=O)NCc2ccc(C(O)c3cccs3)s2)s1.